The second-order valence-electron chi connectivity index (χ2n) is 5.55. The fourth-order valence-corrected chi connectivity index (χ4v) is 2.85. The highest BCUT2D eigenvalue weighted by Gasteiger charge is 2.37. The number of ketones is 1. The van der Waals surface area contributed by atoms with Crippen molar-refractivity contribution in [3.05, 3.63) is 108 Å². The molecule has 108 valence electrons. The topological polar surface area (TPSA) is 17.1 Å². The monoisotopic (exact) mass is 286 g/mol. The van der Waals surface area contributed by atoms with Crippen molar-refractivity contribution in [1.29, 1.82) is 0 Å². The summed E-state index contributed by atoms with van der Waals surface area (Å²) < 4.78 is 0. The Bertz CT molecular complexity index is 706. The Hall–Kier alpha value is -2.67. The molecule has 3 rings (SSSR count). The highest BCUT2D eigenvalue weighted by atomic mass is 16.1. The fraction of sp³-hybridized carbons (Fsp3) is 0.0952. The van der Waals surface area contributed by atoms with Gasteiger partial charge in [0.2, 0.25) is 0 Å². The number of Topliss-reactive ketones (excluding diaryl/α,β-unsaturated/α-hetero) is 1. The molecule has 0 heterocycles. The first kappa shape index (κ1) is 14.3. The van der Waals surface area contributed by atoms with Crippen LogP contribution in [0.25, 0.3) is 0 Å². The van der Waals surface area contributed by atoms with Crippen molar-refractivity contribution in [3.63, 3.8) is 0 Å². The molecule has 1 heteroatoms. The predicted molar refractivity (Wildman–Crippen MR) is 90.1 cm³/mol. The molecule has 0 aromatic heterocycles. The Labute approximate surface area is 131 Å². The largest absolute Gasteiger partial charge is 0.293 e. The molecule has 0 unspecified atom stereocenters. The van der Waals surface area contributed by atoms with Crippen LogP contribution in [0.4, 0.5) is 0 Å². The molecule has 0 saturated heterocycles. The van der Waals surface area contributed by atoms with Gasteiger partial charge < -0.3 is 0 Å². The van der Waals surface area contributed by atoms with Gasteiger partial charge >= 0.3 is 0 Å². The van der Waals surface area contributed by atoms with Crippen LogP contribution in [0.2, 0.25) is 0 Å². The Morgan fingerprint density at radius 1 is 0.636 bits per heavy atom. The highest BCUT2D eigenvalue weighted by molar-refractivity contribution is 6.06. The normalized spacial score (nSPS) is 11.1. The van der Waals surface area contributed by atoms with E-state index in [1.165, 1.54) is 0 Å². The van der Waals surface area contributed by atoms with Crippen molar-refractivity contribution in [1.82, 2.24) is 0 Å². The maximum Gasteiger partial charge on any atom is 0.177 e. The number of carbonyl (C=O) groups is 1. The lowest BCUT2D eigenvalue weighted by molar-refractivity contribution is 0.0922. The molecular formula is C21H18O. The molecule has 22 heavy (non-hydrogen) atoms. The van der Waals surface area contributed by atoms with Crippen LogP contribution < -0.4 is 0 Å². The van der Waals surface area contributed by atoms with Gasteiger partial charge in [-0.3, -0.25) is 4.79 Å². The molecule has 0 atom stereocenters. The van der Waals surface area contributed by atoms with Crippen LogP contribution >= 0.6 is 0 Å². The Kier molecular flexibility index (Phi) is 3.88. The lowest BCUT2D eigenvalue weighted by Gasteiger charge is -2.29. The van der Waals surface area contributed by atoms with E-state index < -0.39 is 5.41 Å². The first-order valence-corrected chi connectivity index (χ1v) is 7.44. The van der Waals surface area contributed by atoms with Gasteiger partial charge in [0.15, 0.2) is 5.78 Å². The zero-order chi connectivity index (χ0) is 15.4. The molecule has 0 amide bonds. The van der Waals surface area contributed by atoms with Gasteiger partial charge in [-0.05, 0) is 18.1 Å². The van der Waals surface area contributed by atoms with Gasteiger partial charge in [-0.25, -0.2) is 0 Å². The van der Waals surface area contributed by atoms with Gasteiger partial charge in [-0.2, -0.15) is 0 Å². The summed E-state index contributed by atoms with van der Waals surface area (Å²) in [6, 6.07) is 29.5. The number of hydrogen-bond donors (Lipinski definition) is 0. The summed E-state index contributed by atoms with van der Waals surface area (Å²) >= 11 is 0. The Balaban J connectivity index is 2.18. The molecule has 0 N–H and O–H groups in total. The summed E-state index contributed by atoms with van der Waals surface area (Å²) in [5.74, 6) is 0.116. The van der Waals surface area contributed by atoms with E-state index in [1.807, 2.05) is 97.9 Å². The van der Waals surface area contributed by atoms with E-state index in [0.29, 0.717) is 0 Å². The Morgan fingerprint density at radius 2 is 1.00 bits per heavy atom. The van der Waals surface area contributed by atoms with E-state index in [4.69, 9.17) is 0 Å². The van der Waals surface area contributed by atoms with Gasteiger partial charge in [0.1, 0.15) is 0 Å². The van der Waals surface area contributed by atoms with Crippen LogP contribution in [0.1, 0.15) is 28.4 Å². The summed E-state index contributed by atoms with van der Waals surface area (Å²) in [6.07, 6.45) is 0. The summed E-state index contributed by atoms with van der Waals surface area (Å²) in [4.78, 5) is 13.3. The van der Waals surface area contributed by atoms with E-state index in [-0.39, 0.29) is 5.78 Å². The van der Waals surface area contributed by atoms with Crippen LogP contribution in [0, 0.1) is 0 Å². The number of carbonyl (C=O) groups excluding carboxylic acids is 1. The van der Waals surface area contributed by atoms with Crippen LogP contribution in [0.3, 0.4) is 0 Å². The zero-order valence-electron chi connectivity index (χ0n) is 12.6. The van der Waals surface area contributed by atoms with Gasteiger partial charge in [0.25, 0.3) is 0 Å². The smallest absolute Gasteiger partial charge is 0.177 e. The molecule has 0 saturated carbocycles. The molecule has 0 fully saturated rings. The zero-order valence-corrected chi connectivity index (χ0v) is 12.6. The molecular weight excluding hydrogens is 268 g/mol. The maximum absolute atomic E-state index is 13.3. The third-order valence-electron chi connectivity index (χ3n) is 4.19. The van der Waals surface area contributed by atoms with Gasteiger partial charge in [0, 0.05) is 5.56 Å². The predicted octanol–water partition coefficient (Wildman–Crippen LogP) is 4.88. The minimum Gasteiger partial charge on any atom is -0.293 e. The molecule has 0 aliphatic heterocycles. The lowest BCUT2D eigenvalue weighted by Crippen LogP contribution is -2.34. The second-order valence-corrected chi connectivity index (χ2v) is 5.55. The van der Waals surface area contributed by atoms with Crippen LogP contribution in [-0.2, 0) is 5.41 Å². The van der Waals surface area contributed by atoms with Crippen molar-refractivity contribution < 1.29 is 4.79 Å². The van der Waals surface area contributed by atoms with E-state index in [9.17, 15) is 4.79 Å². The van der Waals surface area contributed by atoms with Gasteiger partial charge in [-0.1, -0.05) is 91.0 Å². The first-order valence-electron chi connectivity index (χ1n) is 7.44. The van der Waals surface area contributed by atoms with Crippen molar-refractivity contribution in [2.75, 3.05) is 0 Å². The second kappa shape index (κ2) is 5.98. The highest BCUT2D eigenvalue weighted by Crippen LogP contribution is 2.35. The minimum atomic E-state index is -0.691. The molecule has 0 aliphatic carbocycles. The molecule has 0 bridgehead atoms. The van der Waals surface area contributed by atoms with E-state index >= 15 is 0 Å². The van der Waals surface area contributed by atoms with E-state index in [1.54, 1.807) is 0 Å². The third kappa shape index (κ3) is 2.46. The molecule has 3 aromatic carbocycles. The quantitative estimate of drug-likeness (QED) is 0.625. The standard InChI is InChI=1S/C21H18O/c1-21(18-13-7-3-8-14-18,19-15-9-4-10-16-19)20(22)17-11-5-2-6-12-17/h2-16H,1H3. The van der Waals surface area contributed by atoms with Crippen LogP contribution in [0.5, 0.6) is 0 Å². The molecule has 1 nitrogen and oxygen atoms in total. The van der Waals surface area contributed by atoms with Crippen molar-refractivity contribution in [2.24, 2.45) is 0 Å². The number of hydrogen-bond acceptors (Lipinski definition) is 1. The molecule has 0 aliphatic rings. The van der Waals surface area contributed by atoms with E-state index in [2.05, 4.69) is 0 Å². The Morgan fingerprint density at radius 3 is 1.41 bits per heavy atom. The van der Waals surface area contributed by atoms with Crippen LogP contribution in [0.15, 0.2) is 91.0 Å². The first-order chi connectivity index (χ1) is 10.7. The van der Waals surface area contributed by atoms with E-state index in [0.717, 1.165) is 16.7 Å². The average molecular weight is 286 g/mol. The molecule has 0 radical (unpaired) electrons. The summed E-state index contributed by atoms with van der Waals surface area (Å²) in [5.41, 5.74) is 2.06. The minimum absolute atomic E-state index is 0.116. The SMILES string of the molecule is CC(C(=O)c1ccccc1)(c1ccccc1)c1ccccc1. The van der Waals surface area contributed by atoms with Gasteiger partial charge in [-0.15, -0.1) is 0 Å². The van der Waals surface area contributed by atoms with Crippen molar-refractivity contribution in [3.8, 4) is 0 Å². The summed E-state index contributed by atoms with van der Waals surface area (Å²) in [7, 11) is 0. The third-order valence-corrected chi connectivity index (χ3v) is 4.19. The fourth-order valence-electron chi connectivity index (χ4n) is 2.85. The summed E-state index contributed by atoms with van der Waals surface area (Å²) in [6.45, 7) is 2.01. The number of benzene rings is 3. The van der Waals surface area contributed by atoms with Crippen molar-refractivity contribution in [2.45, 2.75) is 12.3 Å². The number of rotatable bonds is 4. The molecule has 3 aromatic rings. The van der Waals surface area contributed by atoms with Crippen LogP contribution in [-0.4, -0.2) is 5.78 Å². The van der Waals surface area contributed by atoms with Gasteiger partial charge in [0.05, 0.1) is 5.41 Å². The molecule has 0 spiro atoms. The van der Waals surface area contributed by atoms with Crippen molar-refractivity contribution >= 4 is 5.78 Å². The lowest BCUT2D eigenvalue weighted by atomic mass is 9.71. The maximum atomic E-state index is 13.3. The summed E-state index contributed by atoms with van der Waals surface area (Å²) in [5, 5.41) is 0. The average Bonchev–Trinajstić information content (AvgIpc) is 2.62.